The molecule has 21 heavy (non-hydrogen) atoms. The first-order chi connectivity index (χ1) is 10.1. The molecule has 0 atom stereocenters. The third-order valence-electron chi connectivity index (χ3n) is 2.70. The van der Waals surface area contributed by atoms with E-state index in [1.54, 1.807) is 18.2 Å². The summed E-state index contributed by atoms with van der Waals surface area (Å²) in [6.45, 7) is -0.200. The predicted molar refractivity (Wildman–Crippen MR) is 77.9 cm³/mol. The van der Waals surface area contributed by atoms with Crippen LogP contribution in [-0.4, -0.2) is 19.6 Å². The van der Waals surface area contributed by atoms with Gasteiger partial charge in [-0.05, 0) is 36.4 Å². The van der Waals surface area contributed by atoms with Gasteiger partial charge in [-0.2, -0.15) is 0 Å². The molecule has 0 heterocycles. The van der Waals surface area contributed by atoms with Crippen molar-refractivity contribution < 1.29 is 18.7 Å². The Bertz CT molecular complexity index is 629. The molecule has 2 aromatic carbocycles. The molecule has 0 unspecified atom stereocenters. The van der Waals surface area contributed by atoms with E-state index in [2.05, 4.69) is 5.32 Å². The maximum Gasteiger partial charge on any atom is 0.262 e. The molecule has 0 saturated carbocycles. The van der Waals surface area contributed by atoms with E-state index in [1.165, 1.54) is 31.4 Å². The van der Waals surface area contributed by atoms with Crippen molar-refractivity contribution in [3.05, 3.63) is 48.3 Å². The van der Waals surface area contributed by atoms with Gasteiger partial charge in [0.25, 0.3) is 5.91 Å². The topological polar surface area (TPSA) is 73.6 Å². The van der Waals surface area contributed by atoms with Gasteiger partial charge in [-0.15, -0.1) is 0 Å². The lowest BCUT2D eigenvalue weighted by atomic mass is 10.3. The van der Waals surface area contributed by atoms with Crippen LogP contribution in [0, 0.1) is 5.82 Å². The van der Waals surface area contributed by atoms with Gasteiger partial charge in [0.05, 0.1) is 12.8 Å². The van der Waals surface area contributed by atoms with Gasteiger partial charge >= 0.3 is 0 Å². The van der Waals surface area contributed by atoms with Crippen molar-refractivity contribution in [2.24, 2.45) is 0 Å². The second-order valence-electron chi connectivity index (χ2n) is 4.25. The van der Waals surface area contributed by atoms with Gasteiger partial charge in [-0.25, -0.2) is 4.39 Å². The van der Waals surface area contributed by atoms with Crippen LogP contribution in [0.3, 0.4) is 0 Å². The maximum atomic E-state index is 12.7. The molecule has 0 aromatic heterocycles. The number of nitrogens with two attached hydrogens (primary N) is 1. The van der Waals surface area contributed by atoms with Crippen LogP contribution in [0.2, 0.25) is 0 Å². The Hall–Kier alpha value is -2.76. The number of carbonyl (C=O) groups excluding carboxylic acids is 1. The van der Waals surface area contributed by atoms with Crippen LogP contribution >= 0.6 is 0 Å². The Balaban J connectivity index is 1.90. The van der Waals surface area contributed by atoms with Crippen LogP contribution in [0.5, 0.6) is 11.5 Å². The predicted octanol–water partition coefficient (Wildman–Crippen LogP) is 2.43. The summed E-state index contributed by atoms with van der Waals surface area (Å²) in [5.41, 5.74) is 6.65. The molecule has 5 nitrogen and oxygen atoms in total. The van der Waals surface area contributed by atoms with E-state index in [4.69, 9.17) is 15.2 Å². The third kappa shape index (κ3) is 4.10. The van der Waals surface area contributed by atoms with Crippen LogP contribution in [0.25, 0.3) is 0 Å². The van der Waals surface area contributed by atoms with Crippen molar-refractivity contribution in [3.8, 4) is 11.5 Å². The van der Waals surface area contributed by atoms with Gasteiger partial charge in [0.2, 0.25) is 0 Å². The fourth-order valence-corrected chi connectivity index (χ4v) is 1.66. The molecule has 2 aromatic rings. The van der Waals surface area contributed by atoms with Gasteiger partial charge in [0.1, 0.15) is 17.3 Å². The normalized spacial score (nSPS) is 10.0. The smallest absolute Gasteiger partial charge is 0.262 e. The molecule has 0 saturated heterocycles. The third-order valence-corrected chi connectivity index (χ3v) is 2.70. The number of rotatable bonds is 5. The fraction of sp³-hybridized carbons (Fsp3) is 0.133. The van der Waals surface area contributed by atoms with E-state index in [-0.39, 0.29) is 18.3 Å². The summed E-state index contributed by atoms with van der Waals surface area (Å²) in [6.07, 6.45) is 0. The SMILES string of the molecule is COc1ccc(OCC(=O)Nc2ccc(F)cc2)c(N)c1. The van der Waals surface area contributed by atoms with Gasteiger partial charge < -0.3 is 20.5 Å². The highest BCUT2D eigenvalue weighted by Gasteiger charge is 2.07. The second-order valence-corrected chi connectivity index (χ2v) is 4.25. The summed E-state index contributed by atoms with van der Waals surface area (Å²) in [5.74, 6) is 0.271. The molecule has 6 heteroatoms. The van der Waals surface area contributed by atoms with Gasteiger partial charge in [0.15, 0.2) is 6.61 Å². The number of ether oxygens (including phenoxy) is 2. The van der Waals surface area contributed by atoms with Crippen molar-refractivity contribution in [2.75, 3.05) is 24.8 Å². The minimum atomic E-state index is -0.366. The second kappa shape index (κ2) is 6.60. The van der Waals surface area contributed by atoms with Crippen molar-refractivity contribution in [2.45, 2.75) is 0 Å². The number of methoxy groups -OCH3 is 1. The summed E-state index contributed by atoms with van der Waals surface area (Å²) in [7, 11) is 1.53. The summed E-state index contributed by atoms with van der Waals surface area (Å²) >= 11 is 0. The van der Waals surface area contributed by atoms with E-state index in [9.17, 15) is 9.18 Å². The highest BCUT2D eigenvalue weighted by Crippen LogP contribution is 2.26. The molecule has 0 aliphatic rings. The quantitative estimate of drug-likeness (QED) is 0.829. The van der Waals surface area contributed by atoms with Crippen molar-refractivity contribution >= 4 is 17.3 Å². The highest BCUT2D eigenvalue weighted by molar-refractivity contribution is 5.91. The van der Waals surface area contributed by atoms with Crippen LogP contribution < -0.4 is 20.5 Å². The number of hydrogen-bond donors (Lipinski definition) is 2. The van der Waals surface area contributed by atoms with Crippen LogP contribution in [0.15, 0.2) is 42.5 Å². The van der Waals surface area contributed by atoms with E-state index in [0.717, 1.165) is 0 Å². The monoisotopic (exact) mass is 290 g/mol. The number of amides is 1. The lowest BCUT2D eigenvalue weighted by Gasteiger charge is -2.10. The molecule has 0 radical (unpaired) electrons. The van der Waals surface area contributed by atoms with E-state index in [1.807, 2.05) is 0 Å². The molecule has 2 rings (SSSR count). The summed E-state index contributed by atoms with van der Waals surface area (Å²) in [4.78, 5) is 11.7. The number of benzene rings is 2. The molecular formula is C15H15FN2O3. The molecule has 0 aliphatic carbocycles. The number of nitrogen functional groups attached to an aromatic ring is 1. The lowest BCUT2D eigenvalue weighted by molar-refractivity contribution is -0.118. The number of carbonyl (C=O) groups is 1. The summed E-state index contributed by atoms with van der Waals surface area (Å²) < 4.78 is 23.1. The number of anilines is 2. The molecule has 0 bridgehead atoms. The number of halogens is 1. The Kier molecular flexibility index (Phi) is 4.61. The molecule has 1 amide bonds. The first-order valence-electron chi connectivity index (χ1n) is 6.20. The Morgan fingerprint density at radius 1 is 1.24 bits per heavy atom. The zero-order valence-electron chi connectivity index (χ0n) is 11.4. The van der Waals surface area contributed by atoms with Crippen molar-refractivity contribution in [3.63, 3.8) is 0 Å². The minimum Gasteiger partial charge on any atom is -0.497 e. The zero-order valence-corrected chi connectivity index (χ0v) is 11.4. The maximum absolute atomic E-state index is 12.7. The van der Waals surface area contributed by atoms with Crippen molar-refractivity contribution in [1.82, 2.24) is 0 Å². The van der Waals surface area contributed by atoms with Gasteiger partial charge in [-0.1, -0.05) is 0 Å². The first-order valence-corrected chi connectivity index (χ1v) is 6.20. The molecule has 0 aliphatic heterocycles. The fourth-order valence-electron chi connectivity index (χ4n) is 1.66. The molecule has 3 N–H and O–H groups in total. The standard InChI is InChI=1S/C15H15FN2O3/c1-20-12-6-7-14(13(17)8-12)21-9-15(19)18-11-4-2-10(16)3-5-11/h2-8H,9,17H2,1H3,(H,18,19). The van der Waals surface area contributed by atoms with E-state index >= 15 is 0 Å². The minimum absolute atomic E-state index is 0.200. The highest BCUT2D eigenvalue weighted by atomic mass is 19.1. The van der Waals surface area contributed by atoms with E-state index < -0.39 is 0 Å². The van der Waals surface area contributed by atoms with Crippen LogP contribution in [-0.2, 0) is 4.79 Å². The molecule has 0 spiro atoms. The lowest BCUT2D eigenvalue weighted by Crippen LogP contribution is -2.20. The van der Waals surface area contributed by atoms with Gasteiger partial charge in [0, 0.05) is 11.8 Å². The summed E-state index contributed by atoms with van der Waals surface area (Å²) in [5, 5.41) is 2.59. The number of nitrogens with one attached hydrogen (secondary N) is 1. The van der Waals surface area contributed by atoms with Crippen LogP contribution in [0.4, 0.5) is 15.8 Å². The zero-order chi connectivity index (χ0) is 15.2. The summed E-state index contributed by atoms with van der Waals surface area (Å²) in [6, 6.07) is 10.4. The average molecular weight is 290 g/mol. The van der Waals surface area contributed by atoms with Gasteiger partial charge in [-0.3, -0.25) is 4.79 Å². The molecular weight excluding hydrogens is 275 g/mol. The first kappa shape index (κ1) is 14.6. The molecule has 0 fully saturated rings. The van der Waals surface area contributed by atoms with Crippen molar-refractivity contribution in [1.29, 1.82) is 0 Å². The Morgan fingerprint density at radius 3 is 2.57 bits per heavy atom. The van der Waals surface area contributed by atoms with Crippen LogP contribution in [0.1, 0.15) is 0 Å². The largest absolute Gasteiger partial charge is 0.497 e. The number of hydrogen-bond acceptors (Lipinski definition) is 4. The van der Waals surface area contributed by atoms with E-state index in [0.29, 0.717) is 22.9 Å². The Morgan fingerprint density at radius 2 is 1.95 bits per heavy atom. The molecule has 110 valence electrons. The average Bonchev–Trinajstić information content (AvgIpc) is 2.48. The Labute approximate surface area is 121 Å².